The minimum Gasteiger partial charge on any atom is -0.494 e. The molecular formula is C25H19Br2FN2O2. The minimum absolute atomic E-state index is 0.0813. The van der Waals surface area contributed by atoms with Crippen LogP contribution >= 0.6 is 31.9 Å². The zero-order valence-electron chi connectivity index (χ0n) is 17.2. The molecule has 0 fully saturated rings. The van der Waals surface area contributed by atoms with E-state index in [2.05, 4.69) is 37.2 Å². The standard InChI is InChI=1S/C25H19Br2FN2O2/c1-2-32-24-13-16(12-23(27)21(24)14-17-5-3-4-6-22(17)26)11-18(15-29)25(31)30-20-9-7-19(28)8-10-20/h3-13H,2,14H2,1H3,(H,30,31)/b18-11+. The molecule has 0 aliphatic heterocycles. The highest BCUT2D eigenvalue weighted by Gasteiger charge is 2.15. The van der Waals surface area contributed by atoms with Crippen LogP contribution in [0.25, 0.3) is 6.08 Å². The van der Waals surface area contributed by atoms with Crippen LogP contribution in [0.5, 0.6) is 5.75 Å². The van der Waals surface area contributed by atoms with Crippen molar-refractivity contribution >= 4 is 49.5 Å². The molecule has 7 heteroatoms. The van der Waals surface area contributed by atoms with Crippen LogP contribution in [0, 0.1) is 17.1 Å². The van der Waals surface area contributed by atoms with Gasteiger partial charge in [0.05, 0.1) is 6.61 Å². The lowest BCUT2D eigenvalue weighted by molar-refractivity contribution is -0.112. The smallest absolute Gasteiger partial charge is 0.266 e. The fraction of sp³-hybridized carbons (Fsp3) is 0.120. The number of amides is 1. The van der Waals surface area contributed by atoms with Gasteiger partial charge in [0.2, 0.25) is 0 Å². The van der Waals surface area contributed by atoms with E-state index < -0.39 is 11.7 Å². The molecule has 0 atom stereocenters. The van der Waals surface area contributed by atoms with Crippen LogP contribution in [0.3, 0.4) is 0 Å². The van der Waals surface area contributed by atoms with Crippen molar-refractivity contribution in [1.29, 1.82) is 5.26 Å². The second-order valence-electron chi connectivity index (χ2n) is 6.81. The number of halogens is 3. The monoisotopic (exact) mass is 556 g/mol. The lowest BCUT2D eigenvalue weighted by atomic mass is 10.0. The van der Waals surface area contributed by atoms with E-state index in [1.165, 1.54) is 30.3 Å². The molecule has 0 radical (unpaired) electrons. The number of carbonyl (C=O) groups excluding carboxylic acids is 1. The summed E-state index contributed by atoms with van der Waals surface area (Å²) in [6.45, 7) is 2.37. The average molecular weight is 558 g/mol. The van der Waals surface area contributed by atoms with Crippen molar-refractivity contribution in [1.82, 2.24) is 0 Å². The lowest BCUT2D eigenvalue weighted by Gasteiger charge is -2.15. The van der Waals surface area contributed by atoms with E-state index in [9.17, 15) is 14.4 Å². The summed E-state index contributed by atoms with van der Waals surface area (Å²) in [5.74, 6) is -0.319. The zero-order valence-corrected chi connectivity index (χ0v) is 20.3. The minimum atomic E-state index is -0.578. The van der Waals surface area contributed by atoms with Crippen LogP contribution < -0.4 is 10.1 Å². The second-order valence-corrected chi connectivity index (χ2v) is 8.52. The van der Waals surface area contributed by atoms with Crippen molar-refractivity contribution in [2.45, 2.75) is 13.3 Å². The van der Waals surface area contributed by atoms with Gasteiger partial charge in [0.25, 0.3) is 5.91 Å². The maximum Gasteiger partial charge on any atom is 0.266 e. The van der Waals surface area contributed by atoms with Crippen molar-refractivity contribution in [2.75, 3.05) is 11.9 Å². The van der Waals surface area contributed by atoms with Crippen molar-refractivity contribution in [3.8, 4) is 11.8 Å². The summed E-state index contributed by atoms with van der Waals surface area (Å²) < 4.78 is 20.7. The molecule has 32 heavy (non-hydrogen) atoms. The van der Waals surface area contributed by atoms with Gasteiger partial charge in [-0.15, -0.1) is 0 Å². The Balaban J connectivity index is 1.91. The van der Waals surface area contributed by atoms with Gasteiger partial charge < -0.3 is 10.1 Å². The SMILES string of the molecule is CCOc1cc(/C=C(\C#N)C(=O)Nc2ccc(F)cc2)cc(Br)c1Cc1ccccc1Br. The number of hydrogen-bond acceptors (Lipinski definition) is 3. The van der Waals surface area contributed by atoms with Crippen LogP contribution in [0.4, 0.5) is 10.1 Å². The van der Waals surface area contributed by atoms with Crippen molar-refractivity contribution in [3.63, 3.8) is 0 Å². The van der Waals surface area contributed by atoms with Gasteiger partial charge in [-0.1, -0.05) is 50.1 Å². The summed E-state index contributed by atoms with van der Waals surface area (Å²) in [5.41, 5.74) is 3.03. The molecule has 3 aromatic carbocycles. The first kappa shape index (κ1) is 23.7. The molecule has 4 nitrogen and oxygen atoms in total. The summed E-state index contributed by atoms with van der Waals surface area (Å²) in [6.07, 6.45) is 2.13. The molecule has 0 aromatic heterocycles. The second kappa shape index (κ2) is 11.1. The number of anilines is 1. The molecule has 0 saturated carbocycles. The normalized spacial score (nSPS) is 11.0. The average Bonchev–Trinajstić information content (AvgIpc) is 2.77. The Morgan fingerprint density at radius 3 is 2.50 bits per heavy atom. The maximum atomic E-state index is 13.1. The van der Waals surface area contributed by atoms with E-state index in [1.54, 1.807) is 0 Å². The Kier molecular flexibility index (Phi) is 8.20. The van der Waals surface area contributed by atoms with Crippen LogP contribution in [-0.4, -0.2) is 12.5 Å². The third-order valence-corrected chi connectivity index (χ3v) is 6.06. The fourth-order valence-corrected chi connectivity index (χ4v) is 4.07. The first-order chi connectivity index (χ1) is 15.4. The number of benzene rings is 3. The Morgan fingerprint density at radius 1 is 1.12 bits per heavy atom. The highest BCUT2D eigenvalue weighted by atomic mass is 79.9. The summed E-state index contributed by atoms with van der Waals surface area (Å²) in [7, 11) is 0. The van der Waals surface area contributed by atoms with E-state index in [-0.39, 0.29) is 5.57 Å². The first-order valence-corrected chi connectivity index (χ1v) is 11.4. The molecule has 0 unspecified atom stereocenters. The molecule has 0 spiro atoms. The number of carbonyl (C=O) groups is 1. The van der Waals surface area contributed by atoms with Crippen LogP contribution in [-0.2, 0) is 11.2 Å². The molecule has 0 bridgehead atoms. The van der Waals surface area contributed by atoms with Gasteiger partial charge in [-0.25, -0.2) is 4.39 Å². The number of ether oxygens (including phenoxy) is 1. The topological polar surface area (TPSA) is 62.1 Å². The Labute approximate surface area is 203 Å². The van der Waals surface area contributed by atoms with Gasteiger partial charge in [0.15, 0.2) is 0 Å². The quantitative estimate of drug-likeness (QED) is 0.254. The van der Waals surface area contributed by atoms with E-state index >= 15 is 0 Å². The maximum absolute atomic E-state index is 13.1. The van der Waals surface area contributed by atoms with Crippen LogP contribution in [0.1, 0.15) is 23.6 Å². The molecule has 1 amide bonds. The highest BCUT2D eigenvalue weighted by molar-refractivity contribution is 9.10. The van der Waals surface area contributed by atoms with Gasteiger partial charge in [-0.05, 0) is 66.6 Å². The number of nitriles is 1. The first-order valence-electron chi connectivity index (χ1n) is 9.78. The van der Waals surface area contributed by atoms with Gasteiger partial charge >= 0.3 is 0 Å². The lowest BCUT2D eigenvalue weighted by Crippen LogP contribution is -2.13. The number of nitrogens with one attached hydrogen (secondary N) is 1. The molecule has 0 heterocycles. The zero-order chi connectivity index (χ0) is 23.1. The third kappa shape index (κ3) is 6.06. The van der Waals surface area contributed by atoms with Gasteiger partial charge in [-0.3, -0.25) is 4.79 Å². The Bertz CT molecular complexity index is 1200. The Hall–Kier alpha value is -2.95. The van der Waals surface area contributed by atoms with Gasteiger partial charge in [0, 0.05) is 26.6 Å². The van der Waals surface area contributed by atoms with Crippen molar-refractivity contribution < 1.29 is 13.9 Å². The molecular weight excluding hydrogens is 539 g/mol. The summed E-state index contributed by atoms with van der Waals surface area (Å²) >= 11 is 7.19. The Morgan fingerprint density at radius 2 is 1.84 bits per heavy atom. The van der Waals surface area contributed by atoms with Gasteiger partial charge in [0.1, 0.15) is 23.2 Å². The summed E-state index contributed by atoms with van der Waals surface area (Å²) in [5, 5.41) is 12.1. The molecule has 0 saturated heterocycles. The largest absolute Gasteiger partial charge is 0.494 e. The number of nitrogens with zero attached hydrogens (tertiary/aromatic N) is 1. The predicted octanol–water partition coefficient (Wildman–Crippen LogP) is 6.89. The molecule has 0 aliphatic rings. The molecule has 0 aliphatic carbocycles. The van der Waals surface area contributed by atoms with Crippen molar-refractivity contribution in [2.24, 2.45) is 0 Å². The molecule has 1 N–H and O–H groups in total. The molecule has 162 valence electrons. The fourth-order valence-electron chi connectivity index (χ4n) is 3.05. The number of rotatable bonds is 7. The highest BCUT2D eigenvalue weighted by Crippen LogP contribution is 2.33. The van der Waals surface area contributed by atoms with Crippen molar-refractivity contribution in [3.05, 3.63) is 97.7 Å². The third-order valence-electron chi connectivity index (χ3n) is 4.58. The molecule has 3 aromatic rings. The summed E-state index contributed by atoms with van der Waals surface area (Å²) in [4.78, 5) is 12.5. The van der Waals surface area contributed by atoms with E-state index in [4.69, 9.17) is 4.74 Å². The van der Waals surface area contributed by atoms with E-state index in [0.717, 1.165) is 20.1 Å². The molecule has 3 rings (SSSR count). The summed E-state index contributed by atoms with van der Waals surface area (Å²) in [6, 6.07) is 18.9. The number of hydrogen-bond donors (Lipinski definition) is 1. The predicted molar refractivity (Wildman–Crippen MR) is 131 cm³/mol. The van der Waals surface area contributed by atoms with Crippen LogP contribution in [0.2, 0.25) is 0 Å². The van der Waals surface area contributed by atoms with E-state index in [1.807, 2.05) is 49.4 Å². The van der Waals surface area contributed by atoms with Crippen LogP contribution in [0.15, 0.2) is 75.2 Å². The van der Waals surface area contributed by atoms with E-state index in [0.29, 0.717) is 30.0 Å². The van der Waals surface area contributed by atoms with Gasteiger partial charge in [-0.2, -0.15) is 5.26 Å².